The van der Waals surface area contributed by atoms with Gasteiger partial charge in [-0.15, -0.1) is 11.6 Å². The maximum atomic E-state index is 12.6. The largest absolute Gasteiger partial charge is 0.349 e. The predicted molar refractivity (Wildman–Crippen MR) is 81.4 cm³/mol. The molecule has 1 aliphatic rings. The molecule has 0 unspecified atom stereocenters. The molecule has 0 bridgehead atoms. The Morgan fingerprint density at radius 2 is 2.05 bits per heavy atom. The van der Waals surface area contributed by atoms with Crippen LogP contribution in [0.2, 0.25) is 0 Å². The molecule has 1 heterocycles. The monoisotopic (exact) mass is 318 g/mol. The molecule has 0 amide bonds. The van der Waals surface area contributed by atoms with Gasteiger partial charge in [0.25, 0.3) is 0 Å². The molecule has 1 saturated carbocycles. The van der Waals surface area contributed by atoms with E-state index in [0.717, 1.165) is 25.1 Å². The van der Waals surface area contributed by atoms with Crippen molar-refractivity contribution in [3.63, 3.8) is 0 Å². The van der Waals surface area contributed by atoms with Crippen molar-refractivity contribution >= 4 is 21.6 Å². The Morgan fingerprint density at radius 3 is 2.55 bits per heavy atom. The summed E-state index contributed by atoms with van der Waals surface area (Å²) in [6.07, 6.45) is 6.42. The smallest absolute Gasteiger partial charge is 0.244 e. The summed E-state index contributed by atoms with van der Waals surface area (Å²) in [6.45, 7) is 3.33. The lowest BCUT2D eigenvalue weighted by Crippen LogP contribution is -2.31. The van der Waals surface area contributed by atoms with Crippen LogP contribution < -0.4 is 0 Å². The SMILES string of the molecule is CCn1cc(S(=O)(=O)N(C)CC2CCCC2)cc1CCl. The van der Waals surface area contributed by atoms with Crippen LogP contribution in [-0.2, 0) is 22.4 Å². The first-order valence-electron chi connectivity index (χ1n) is 7.20. The van der Waals surface area contributed by atoms with Crippen molar-refractivity contribution in [2.24, 2.45) is 5.92 Å². The number of nitrogens with zero attached hydrogens (tertiary/aromatic N) is 2. The third-order valence-corrected chi connectivity index (χ3v) is 6.20. The van der Waals surface area contributed by atoms with Crippen LogP contribution in [0.1, 0.15) is 38.3 Å². The van der Waals surface area contributed by atoms with Gasteiger partial charge >= 0.3 is 0 Å². The van der Waals surface area contributed by atoms with Gasteiger partial charge in [-0.25, -0.2) is 12.7 Å². The van der Waals surface area contributed by atoms with E-state index in [9.17, 15) is 8.42 Å². The molecular weight excluding hydrogens is 296 g/mol. The van der Waals surface area contributed by atoms with Crippen LogP contribution in [0.3, 0.4) is 0 Å². The van der Waals surface area contributed by atoms with Gasteiger partial charge in [0, 0.05) is 32.0 Å². The summed E-state index contributed by atoms with van der Waals surface area (Å²) < 4.78 is 28.6. The number of rotatable bonds is 6. The number of aryl methyl sites for hydroxylation is 1. The fraction of sp³-hybridized carbons (Fsp3) is 0.714. The van der Waals surface area contributed by atoms with Gasteiger partial charge in [-0.3, -0.25) is 0 Å². The van der Waals surface area contributed by atoms with Crippen molar-refractivity contribution < 1.29 is 8.42 Å². The highest BCUT2D eigenvalue weighted by Crippen LogP contribution is 2.27. The lowest BCUT2D eigenvalue weighted by molar-refractivity contribution is 0.387. The molecule has 4 nitrogen and oxygen atoms in total. The summed E-state index contributed by atoms with van der Waals surface area (Å²) in [5.74, 6) is 0.839. The van der Waals surface area contributed by atoms with Crippen LogP contribution in [-0.4, -0.2) is 30.9 Å². The van der Waals surface area contributed by atoms with Gasteiger partial charge in [-0.2, -0.15) is 0 Å². The topological polar surface area (TPSA) is 42.3 Å². The van der Waals surface area contributed by atoms with Crippen LogP contribution in [0.15, 0.2) is 17.2 Å². The zero-order valence-electron chi connectivity index (χ0n) is 12.2. The molecule has 1 aromatic heterocycles. The second-order valence-corrected chi connectivity index (χ2v) is 7.83. The molecule has 6 heteroatoms. The zero-order valence-corrected chi connectivity index (χ0v) is 13.8. The van der Waals surface area contributed by atoms with Gasteiger partial charge in [0.2, 0.25) is 10.0 Å². The standard InChI is InChI=1S/C14H23ClN2O2S/c1-3-17-11-14(8-13(17)9-15)20(18,19)16(2)10-12-6-4-5-7-12/h8,11-12H,3-7,9-10H2,1-2H3. The number of aromatic nitrogens is 1. The predicted octanol–water partition coefficient (Wildman–Crippen LogP) is 3.06. The summed E-state index contributed by atoms with van der Waals surface area (Å²) in [5.41, 5.74) is 0.849. The van der Waals surface area contributed by atoms with Gasteiger partial charge in [-0.1, -0.05) is 12.8 Å². The van der Waals surface area contributed by atoms with Crippen molar-refractivity contribution in [2.75, 3.05) is 13.6 Å². The highest BCUT2D eigenvalue weighted by molar-refractivity contribution is 7.89. The molecule has 0 N–H and O–H groups in total. The molecule has 0 spiro atoms. The molecule has 0 aromatic carbocycles. The molecule has 20 heavy (non-hydrogen) atoms. The lowest BCUT2D eigenvalue weighted by Gasteiger charge is -2.20. The molecule has 0 atom stereocenters. The van der Waals surface area contributed by atoms with Gasteiger partial charge in [0.1, 0.15) is 4.90 Å². The third-order valence-electron chi connectivity index (χ3n) is 4.14. The Bertz CT molecular complexity index is 526. The van der Waals surface area contributed by atoms with Crippen LogP contribution in [0.5, 0.6) is 0 Å². The number of hydrogen-bond donors (Lipinski definition) is 0. The number of hydrogen-bond acceptors (Lipinski definition) is 2. The van der Waals surface area contributed by atoms with E-state index < -0.39 is 10.0 Å². The summed E-state index contributed by atoms with van der Waals surface area (Å²) >= 11 is 5.86. The van der Waals surface area contributed by atoms with Gasteiger partial charge < -0.3 is 4.57 Å². The van der Waals surface area contributed by atoms with Crippen LogP contribution in [0.4, 0.5) is 0 Å². The first-order valence-corrected chi connectivity index (χ1v) is 9.17. The summed E-state index contributed by atoms with van der Waals surface area (Å²) in [7, 11) is -1.72. The molecule has 1 fully saturated rings. The number of halogens is 1. The summed E-state index contributed by atoms with van der Waals surface area (Å²) in [5, 5.41) is 0. The average Bonchev–Trinajstić information content (AvgIpc) is 3.06. The van der Waals surface area contributed by atoms with E-state index in [2.05, 4.69) is 0 Å². The van der Waals surface area contributed by atoms with Crippen molar-refractivity contribution in [3.05, 3.63) is 18.0 Å². The maximum absolute atomic E-state index is 12.6. The molecule has 0 saturated heterocycles. The Morgan fingerprint density at radius 1 is 1.40 bits per heavy atom. The minimum atomic E-state index is -3.39. The fourth-order valence-electron chi connectivity index (χ4n) is 2.91. The van der Waals surface area contributed by atoms with Crippen LogP contribution >= 0.6 is 11.6 Å². The summed E-state index contributed by atoms with van der Waals surface area (Å²) in [4.78, 5) is 0.357. The molecule has 1 aliphatic carbocycles. The van der Waals surface area contributed by atoms with Gasteiger partial charge in [-0.05, 0) is 31.7 Å². The summed E-state index contributed by atoms with van der Waals surface area (Å²) in [6, 6.07) is 1.69. The minimum absolute atomic E-state index is 0.329. The van der Waals surface area contributed by atoms with Crippen LogP contribution in [0.25, 0.3) is 0 Å². The van der Waals surface area contributed by atoms with E-state index in [1.165, 1.54) is 17.1 Å². The van der Waals surface area contributed by atoms with E-state index in [0.29, 0.717) is 23.2 Å². The van der Waals surface area contributed by atoms with E-state index in [4.69, 9.17) is 11.6 Å². The third kappa shape index (κ3) is 3.21. The quantitative estimate of drug-likeness (QED) is 0.756. The molecule has 1 aromatic rings. The second kappa shape index (κ2) is 6.50. The van der Waals surface area contributed by atoms with Gasteiger partial charge in [0.15, 0.2) is 0 Å². The minimum Gasteiger partial charge on any atom is -0.349 e. The number of alkyl halides is 1. The first kappa shape index (κ1) is 15.9. The first-order chi connectivity index (χ1) is 9.48. The molecule has 114 valence electrons. The maximum Gasteiger partial charge on any atom is 0.244 e. The van der Waals surface area contributed by atoms with Crippen LogP contribution in [0, 0.1) is 5.92 Å². The number of sulfonamides is 1. The Kier molecular flexibility index (Phi) is 5.15. The highest BCUT2D eigenvalue weighted by Gasteiger charge is 2.26. The van der Waals surface area contributed by atoms with Crippen molar-refractivity contribution in [1.29, 1.82) is 0 Å². The van der Waals surface area contributed by atoms with E-state index in [1.54, 1.807) is 19.3 Å². The van der Waals surface area contributed by atoms with Gasteiger partial charge in [0.05, 0.1) is 5.88 Å². The van der Waals surface area contributed by atoms with Crippen molar-refractivity contribution in [1.82, 2.24) is 8.87 Å². The highest BCUT2D eigenvalue weighted by atomic mass is 35.5. The fourth-order valence-corrected chi connectivity index (χ4v) is 4.45. The zero-order chi connectivity index (χ0) is 14.8. The Hall–Kier alpha value is -0.520. The van der Waals surface area contributed by atoms with Crippen molar-refractivity contribution in [3.8, 4) is 0 Å². The molecule has 2 rings (SSSR count). The average molecular weight is 319 g/mol. The lowest BCUT2D eigenvalue weighted by atomic mass is 10.1. The second-order valence-electron chi connectivity index (χ2n) is 5.52. The normalized spacial score (nSPS) is 17.2. The molecule has 0 radical (unpaired) electrons. The Balaban J connectivity index is 2.17. The van der Waals surface area contributed by atoms with E-state index in [1.807, 2.05) is 11.5 Å². The van der Waals surface area contributed by atoms with Crippen molar-refractivity contribution in [2.45, 2.75) is 49.9 Å². The van der Waals surface area contributed by atoms with E-state index >= 15 is 0 Å². The molecule has 0 aliphatic heterocycles. The van der Waals surface area contributed by atoms with E-state index in [-0.39, 0.29) is 0 Å². The molecular formula is C14H23ClN2O2S. The Labute approximate surface area is 126 Å².